The summed E-state index contributed by atoms with van der Waals surface area (Å²) in [5.74, 6) is -2.99. The molecule has 0 bridgehead atoms. The van der Waals surface area contributed by atoms with E-state index in [9.17, 15) is 40.3 Å². The van der Waals surface area contributed by atoms with Crippen LogP contribution in [0.5, 0.6) is 0 Å². The summed E-state index contributed by atoms with van der Waals surface area (Å²) in [7, 11) is 0. The van der Waals surface area contributed by atoms with Gasteiger partial charge in [-0.05, 0) is 43.0 Å². The number of nitrogens with zero attached hydrogens (tertiary/aromatic N) is 2. The smallest absolute Gasteiger partial charge is 0.381 e. The summed E-state index contributed by atoms with van der Waals surface area (Å²) >= 11 is 0. The first-order valence-corrected chi connectivity index (χ1v) is 11.4. The van der Waals surface area contributed by atoms with Gasteiger partial charge in [0.1, 0.15) is 17.6 Å². The van der Waals surface area contributed by atoms with Gasteiger partial charge in [0, 0.05) is 29.3 Å². The number of amides is 2. The maximum absolute atomic E-state index is 14.8. The van der Waals surface area contributed by atoms with Gasteiger partial charge >= 0.3 is 12.4 Å². The van der Waals surface area contributed by atoms with Gasteiger partial charge < -0.3 is 15.0 Å². The summed E-state index contributed by atoms with van der Waals surface area (Å²) in [5, 5.41) is 2.66. The lowest BCUT2D eigenvalue weighted by molar-refractivity contribution is -0.141. The fraction of sp³-hybridized carbons (Fsp3) is 0.458. The van der Waals surface area contributed by atoms with Crippen LogP contribution in [0, 0.1) is 17.7 Å². The minimum absolute atomic E-state index is 0.00286. The number of alkyl halides is 6. The third kappa shape index (κ3) is 4.88. The van der Waals surface area contributed by atoms with Crippen molar-refractivity contribution < 1.29 is 45.1 Å². The second-order valence-corrected chi connectivity index (χ2v) is 9.47. The average Bonchev–Trinajstić information content (AvgIpc) is 3.45. The van der Waals surface area contributed by atoms with Crippen LogP contribution in [0.2, 0.25) is 0 Å². The van der Waals surface area contributed by atoms with Crippen molar-refractivity contribution in [2.75, 3.05) is 13.2 Å². The van der Waals surface area contributed by atoms with Crippen LogP contribution in [0.25, 0.3) is 0 Å². The molecule has 0 spiro atoms. The van der Waals surface area contributed by atoms with Crippen LogP contribution >= 0.6 is 0 Å². The van der Waals surface area contributed by atoms with E-state index in [4.69, 9.17) is 4.74 Å². The molecule has 0 radical (unpaired) electrons. The fourth-order valence-corrected chi connectivity index (χ4v) is 4.95. The second kappa shape index (κ2) is 8.96. The Labute approximate surface area is 205 Å². The zero-order valence-corrected chi connectivity index (χ0v) is 18.9. The number of fused-ring (bicyclic) bond motifs is 1. The minimum atomic E-state index is -4.76. The van der Waals surface area contributed by atoms with Crippen LogP contribution in [0.4, 0.5) is 30.7 Å². The first kappa shape index (κ1) is 25.4. The maximum atomic E-state index is 14.8. The lowest BCUT2D eigenvalue weighted by Gasteiger charge is -2.36. The predicted octanol–water partition coefficient (Wildman–Crippen LogP) is 4.37. The molecule has 3 aliphatic rings. The van der Waals surface area contributed by atoms with Crippen LogP contribution in [0.15, 0.2) is 36.5 Å². The average molecular weight is 531 g/mol. The zero-order chi connectivity index (χ0) is 26.7. The molecule has 13 heteroatoms. The predicted molar refractivity (Wildman–Crippen MR) is 112 cm³/mol. The number of rotatable bonds is 5. The molecule has 1 saturated carbocycles. The Kier molecular flexibility index (Phi) is 6.16. The topological polar surface area (TPSA) is 71.5 Å². The molecule has 4 atom stereocenters. The molecular formula is C24H20F7N3O3. The number of pyridine rings is 1. The molecule has 2 amide bonds. The molecule has 1 N–H and O–H groups in total. The van der Waals surface area contributed by atoms with Crippen LogP contribution in [-0.4, -0.2) is 47.0 Å². The van der Waals surface area contributed by atoms with Gasteiger partial charge in [0.05, 0.1) is 24.8 Å². The van der Waals surface area contributed by atoms with Crippen molar-refractivity contribution in [1.82, 2.24) is 15.2 Å². The molecule has 6 nitrogen and oxygen atoms in total. The molecule has 1 aromatic carbocycles. The molecule has 37 heavy (non-hydrogen) atoms. The molecule has 3 fully saturated rings. The first-order chi connectivity index (χ1) is 17.3. The van der Waals surface area contributed by atoms with E-state index >= 15 is 0 Å². The highest BCUT2D eigenvalue weighted by molar-refractivity contribution is 5.98. The highest BCUT2D eigenvalue weighted by Gasteiger charge is 2.56. The Morgan fingerprint density at radius 1 is 1.03 bits per heavy atom. The number of hydrogen-bond donors (Lipinski definition) is 1. The number of nitrogens with one attached hydrogen (secondary N) is 1. The number of carbonyl (C=O) groups excluding carboxylic acids is 2. The fourth-order valence-electron chi connectivity index (χ4n) is 4.95. The van der Waals surface area contributed by atoms with Crippen LogP contribution in [0.1, 0.15) is 46.1 Å². The molecule has 1 aliphatic carbocycles. The molecule has 5 rings (SSSR count). The van der Waals surface area contributed by atoms with Crippen molar-refractivity contribution in [2.45, 2.75) is 43.3 Å². The van der Waals surface area contributed by atoms with Gasteiger partial charge in [-0.3, -0.25) is 14.6 Å². The normalized spacial score (nSPS) is 24.3. The van der Waals surface area contributed by atoms with E-state index in [0.29, 0.717) is 18.6 Å². The van der Waals surface area contributed by atoms with Gasteiger partial charge in [-0.25, -0.2) is 4.39 Å². The van der Waals surface area contributed by atoms with Crippen LogP contribution in [0.3, 0.4) is 0 Å². The minimum Gasteiger partial charge on any atom is -0.381 e. The van der Waals surface area contributed by atoms with Gasteiger partial charge in [0.2, 0.25) is 5.91 Å². The van der Waals surface area contributed by atoms with Gasteiger partial charge in [0.15, 0.2) is 0 Å². The Balaban J connectivity index is 1.38. The molecule has 198 valence electrons. The van der Waals surface area contributed by atoms with Crippen molar-refractivity contribution >= 4 is 11.8 Å². The summed E-state index contributed by atoms with van der Waals surface area (Å²) in [6.07, 6.45) is -7.78. The number of likely N-dealkylation sites (tertiary alicyclic amines) is 1. The van der Waals surface area contributed by atoms with Crippen molar-refractivity contribution in [3.8, 4) is 0 Å². The number of hydrogen-bond acceptors (Lipinski definition) is 4. The lowest BCUT2D eigenvalue weighted by atomic mass is 9.90. The monoisotopic (exact) mass is 531 g/mol. The van der Waals surface area contributed by atoms with E-state index in [1.165, 1.54) is 4.90 Å². The molecule has 2 saturated heterocycles. The van der Waals surface area contributed by atoms with E-state index in [0.717, 1.165) is 24.4 Å². The number of carbonyl (C=O) groups is 2. The summed E-state index contributed by atoms with van der Waals surface area (Å²) in [6, 6.07) is 1.43. The number of aromatic nitrogens is 1. The summed E-state index contributed by atoms with van der Waals surface area (Å²) in [5.41, 5.74) is -2.84. The van der Waals surface area contributed by atoms with Crippen molar-refractivity contribution in [1.29, 1.82) is 0 Å². The molecule has 1 aromatic heterocycles. The SMILES string of the molecule is O=C(N[C@@H](c1ccc(C(F)(F)F)cc1F)C1COC1)[C@H]1C[C@H]2C[C@H]2N1C(=O)c1ccnc(C(F)(F)F)c1. The Morgan fingerprint density at radius 3 is 2.35 bits per heavy atom. The molecule has 3 heterocycles. The number of piperidine rings is 1. The maximum Gasteiger partial charge on any atom is 0.433 e. The van der Waals surface area contributed by atoms with Crippen molar-refractivity contribution in [3.63, 3.8) is 0 Å². The summed E-state index contributed by atoms with van der Waals surface area (Å²) in [6.45, 7) is 0.280. The highest BCUT2D eigenvalue weighted by atomic mass is 19.4. The third-order valence-corrected chi connectivity index (χ3v) is 7.03. The lowest BCUT2D eigenvalue weighted by Crippen LogP contribution is -2.51. The van der Waals surface area contributed by atoms with E-state index in [-0.39, 0.29) is 42.7 Å². The second-order valence-electron chi connectivity index (χ2n) is 9.47. The van der Waals surface area contributed by atoms with E-state index in [1.54, 1.807) is 0 Å². The molecule has 0 unspecified atom stereocenters. The summed E-state index contributed by atoms with van der Waals surface area (Å²) < 4.78 is 98.1. The molecule has 2 aliphatic heterocycles. The number of benzene rings is 1. The van der Waals surface area contributed by atoms with E-state index < -0.39 is 59.2 Å². The van der Waals surface area contributed by atoms with Gasteiger partial charge in [-0.15, -0.1) is 0 Å². The largest absolute Gasteiger partial charge is 0.433 e. The van der Waals surface area contributed by atoms with Crippen LogP contribution in [-0.2, 0) is 21.9 Å². The standard InChI is InChI=1S/C24H20F7N3O3/c25-16-8-14(23(26,27)28)1-2-15(16)20(13-9-37-10-13)33-21(35)18-6-12-5-17(12)34(18)22(36)11-3-4-32-19(7-11)24(29,30)31/h1-4,7-8,12-13,17-18,20H,5-6,9-10H2,(H,33,35)/t12-,17-,18-,20-/m1/s1. The quantitative estimate of drug-likeness (QED) is 0.582. The number of ether oxygens (including phenoxy) is 1. The van der Waals surface area contributed by atoms with E-state index in [1.807, 2.05) is 0 Å². The Hall–Kier alpha value is -3.22. The molecular weight excluding hydrogens is 511 g/mol. The summed E-state index contributed by atoms with van der Waals surface area (Å²) in [4.78, 5) is 31.0. The molecule has 2 aromatic rings. The van der Waals surface area contributed by atoms with Gasteiger partial charge in [-0.2, -0.15) is 26.3 Å². The number of halogens is 7. The zero-order valence-electron chi connectivity index (χ0n) is 18.9. The first-order valence-electron chi connectivity index (χ1n) is 11.4. The Morgan fingerprint density at radius 2 is 1.76 bits per heavy atom. The van der Waals surface area contributed by atoms with E-state index in [2.05, 4.69) is 10.3 Å². The van der Waals surface area contributed by atoms with Gasteiger partial charge in [-0.1, -0.05) is 6.07 Å². The van der Waals surface area contributed by atoms with Crippen molar-refractivity contribution in [3.05, 3.63) is 64.7 Å². The highest BCUT2D eigenvalue weighted by Crippen LogP contribution is 2.49. The Bertz CT molecular complexity index is 1230. The van der Waals surface area contributed by atoms with Gasteiger partial charge in [0.25, 0.3) is 5.91 Å². The third-order valence-electron chi connectivity index (χ3n) is 7.03. The van der Waals surface area contributed by atoms with Crippen LogP contribution < -0.4 is 5.32 Å². The van der Waals surface area contributed by atoms with Crippen molar-refractivity contribution in [2.24, 2.45) is 11.8 Å².